The fraction of sp³-hybridized carbons (Fsp3) is 0.529. The quantitative estimate of drug-likeness (QED) is 0.880. The Morgan fingerprint density at radius 1 is 1.43 bits per heavy atom. The van der Waals surface area contributed by atoms with Crippen LogP contribution in [-0.2, 0) is 0 Å². The van der Waals surface area contributed by atoms with Crippen molar-refractivity contribution in [1.29, 1.82) is 0 Å². The number of β-amino-alcohol motifs (C(OH)–C–C–N with tert-alkyl or cyclic N) is 1. The average Bonchev–Trinajstić information content (AvgIpc) is 2.99. The fourth-order valence-electron chi connectivity index (χ4n) is 2.86. The van der Waals surface area contributed by atoms with E-state index >= 15 is 0 Å². The second-order valence-corrected chi connectivity index (χ2v) is 7.36. The van der Waals surface area contributed by atoms with Gasteiger partial charge in [-0.3, -0.25) is 4.79 Å². The highest BCUT2D eigenvalue weighted by Gasteiger charge is 2.19. The van der Waals surface area contributed by atoms with E-state index in [4.69, 9.17) is 0 Å². The number of aliphatic hydroxyl groups is 1. The summed E-state index contributed by atoms with van der Waals surface area (Å²) in [7, 11) is 0. The average molecular weight is 333 g/mol. The number of benzene rings is 1. The first-order valence-electron chi connectivity index (χ1n) is 8.16. The van der Waals surface area contributed by atoms with Gasteiger partial charge in [0.15, 0.2) is 5.01 Å². The molecule has 1 saturated heterocycles. The van der Waals surface area contributed by atoms with Crippen LogP contribution in [0.3, 0.4) is 0 Å². The van der Waals surface area contributed by atoms with E-state index in [0.717, 1.165) is 29.2 Å². The minimum Gasteiger partial charge on any atom is -0.390 e. The number of nitrogens with zero attached hydrogens (tertiary/aromatic N) is 2. The molecule has 0 aliphatic carbocycles. The Morgan fingerprint density at radius 3 is 2.91 bits per heavy atom. The molecule has 1 atom stereocenters. The molecule has 1 aromatic heterocycles. The number of fused-ring (bicyclic) bond motifs is 1. The minimum atomic E-state index is -0.540. The van der Waals surface area contributed by atoms with Crippen LogP contribution in [0.5, 0.6) is 0 Å². The molecule has 6 heteroatoms. The Morgan fingerprint density at radius 2 is 2.17 bits per heavy atom. The molecule has 2 heterocycles. The lowest BCUT2D eigenvalue weighted by Gasteiger charge is -2.31. The standard InChI is InChI=1S/C17H23N3O2S/c1-12-6-8-20(9-7-12)11-13(21)10-18-16(22)17-19-14-4-2-3-5-15(14)23-17/h2-5,12-13,21H,6-11H2,1H3,(H,18,22). The number of amides is 1. The zero-order valence-electron chi connectivity index (χ0n) is 13.4. The highest BCUT2D eigenvalue weighted by Crippen LogP contribution is 2.21. The van der Waals surface area contributed by atoms with E-state index in [0.29, 0.717) is 11.6 Å². The molecule has 1 unspecified atom stereocenters. The topological polar surface area (TPSA) is 65.5 Å². The minimum absolute atomic E-state index is 0.211. The number of hydrogen-bond donors (Lipinski definition) is 2. The van der Waals surface area contributed by atoms with Crippen molar-refractivity contribution in [3.05, 3.63) is 29.3 Å². The van der Waals surface area contributed by atoms with Crippen molar-refractivity contribution >= 4 is 27.5 Å². The molecule has 2 aromatic rings. The third-order valence-electron chi connectivity index (χ3n) is 4.33. The van der Waals surface area contributed by atoms with Crippen molar-refractivity contribution in [3.8, 4) is 0 Å². The molecular weight excluding hydrogens is 310 g/mol. The summed E-state index contributed by atoms with van der Waals surface area (Å²) in [6.07, 6.45) is 1.83. The molecule has 0 bridgehead atoms. The summed E-state index contributed by atoms with van der Waals surface area (Å²) in [4.78, 5) is 18.8. The molecule has 124 valence electrons. The summed E-state index contributed by atoms with van der Waals surface area (Å²) < 4.78 is 1.00. The van der Waals surface area contributed by atoms with Crippen molar-refractivity contribution in [2.75, 3.05) is 26.2 Å². The van der Waals surface area contributed by atoms with Gasteiger partial charge in [-0.15, -0.1) is 11.3 Å². The van der Waals surface area contributed by atoms with Gasteiger partial charge in [0.05, 0.1) is 16.3 Å². The Bertz CT molecular complexity index is 632. The van der Waals surface area contributed by atoms with E-state index in [9.17, 15) is 9.90 Å². The lowest BCUT2D eigenvalue weighted by molar-refractivity contribution is 0.0795. The normalized spacial score (nSPS) is 18.2. The van der Waals surface area contributed by atoms with Crippen LogP contribution in [0.25, 0.3) is 10.2 Å². The number of para-hydroxylation sites is 1. The first kappa shape index (κ1) is 16.4. The van der Waals surface area contributed by atoms with Crippen LogP contribution in [0.15, 0.2) is 24.3 Å². The van der Waals surface area contributed by atoms with Gasteiger partial charge in [-0.05, 0) is 44.0 Å². The smallest absolute Gasteiger partial charge is 0.280 e. The van der Waals surface area contributed by atoms with Gasteiger partial charge in [-0.2, -0.15) is 0 Å². The molecule has 3 rings (SSSR count). The Kier molecular flexibility index (Phi) is 5.25. The Balaban J connectivity index is 1.48. The van der Waals surface area contributed by atoms with E-state index in [2.05, 4.69) is 22.1 Å². The molecule has 0 spiro atoms. The monoisotopic (exact) mass is 333 g/mol. The number of aliphatic hydroxyl groups excluding tert-OH is 1. The number of thiazole rings is 1. The van der Waals surface area contributed by atoms with Gasteiger partial charge in [0.1, 0.15) is 0 Å². The van der Waals surface area contributed by atoms with Crippen molar-refractivity contribution in [1.82, 2.24) is 15.2 Å². The molecule has 1 aliphatic rings. The van der Waals surface area contributed by atoms with E-state index in [1.165, 1.54) is 24.2 Å². The zero-order valence-corrected chi connectivity index (χ0v) is 14.2. The maximum Gasteiger partial charge on any atom is 0.280 e. The number of rotatable bonds is 5. The van der Waals surface area contributed by atoms with Crippen molar-refractivity contribution in [3.63, 3.8) is 0 Å². The van der Waals surface area contributed by atoms with Crippen molar-refractivity contribution in [2.24, 2.45) is 5.92 Å². The number of likely N-dealkylation sites (tertiary alicyclic amines) is 1. The molecule has 0 saturated carbocycles. The fourth-order valence-corrected chi connectivity index (χ4v) is 3.74. The molecule has 1 amide bonds. The van der Waals surface area contributed by atoms with Gasteiger partial charge in [0.25, 0.3) is 5.91 Å². The molecule has 5 nitrogen and oxygen atoms in total. The van der Waals surface area contributed by atoms with E-state index in [1.807, 2.05) is 24.3 Å². The first-order valence-corrected chi connectivity index (χ1v) is 8.97. The second-order valence-electron chi connectivity index (χ2n) is 6.33. The third-order valence-corrected chi connectivity index (χ3v) is 5.37. The van der Waals surface area contributed by atoms with Crippen LogP contribution in [0.2, 0.25) is 0 Å². The van der Waals surface area contributed by atoms with Gasteiger partial charge < -0.3 is 15.3 Å². The number of carbonyl (C=O) groups is 1. The molecule has 0 radical (unpaired) electrons. The predicted molar refractivity (Wildman–Crippen MR) is 92.8 cm³/mol. The third kappa shape index (κ3) is 4.28. The van der Waals surface area contributed by atoms with Crippen LogP contribution in [-0.4, -0.2) is 53.2 Å². The summed E-state index contributed by atoms with van der Waals surface area (Å²) in [5.74, 6) is 0.569. The van der Waals surface area contributed by atoms with Crippen LogP contribution < -0.4 is 5.32 Å². The summed E-state index contributed by atoms with van der Waals surface area (Å²) >= 11 is 1.38. The van der Waals surface area contributed by atoms with Gasteiger partial charge in [-0.1, -0.05) is 19.1 Å². The van der Waals surface area contributed by atoms with Gasteiger partial charge in [0.2, 0.25) is 0 Å². The molecule has 1 fully saturated rings. The number of piperidine rings is 1. The lowest BCUT2D eigenvalue weighted by atomic mass is 9.99. The van der Waals surface area contributed by atoms with Gasteiger partial charge in [0, 0.05) is 13.1 Å². The molecular formula is C17H23N3O2S. The lowest BCUT2D eigenvalue weighted by Crippen LogP contribution is -2.43. The van der Waals surface area contributed by atoms with Crippen molar-refractivity contribution in [2.45, 2.75) is 25.9 Å². The number of carbonyl (C=O) groups excluding carboxylic acids is 1. The Labute approximate surface area is 140 Å². The van der Waals surface area contributed by atoms with Crippen LogP contribution in [0, 0.1) is 5.92 Å². The van der Waals surface area contributed by atoms with Gasteiger partial charge >= 0.3 is 0 Å². The van der Waals surface area contributed by atoms with Crippen molar-refractivity contribution < 1.29 is 9.90 Å². The van der Waals surface area contributed by atoms with Gasteiger partial charge in [-0.25, -0.2) is 4.98 Å². The number of aromatic nitrogens is 1. The number of hydrogen-bond acceptors (Lipinski definition) is 5. The highest BCUT2D eigenvalue weighted by atomic mass is 32.1. The van der Waals surface area contributed by atoms with E-state index in [1.54, 1.807) is 0 Å². The number of nitrogens with one attached hydrogen (secondary N) is 1. The Hall–Kier alpha value is -1.50. The molecule has 23 heavy (non-hydrogen) atoms. The summed E-state index contributed by atoms with van der Waals surface area (Å²) in [6.45, 7) is 5.22. The first-order chi connectivity index (χ1) is 11.1. The molecule has 1 aliphatic heterocycles. The summed E-state index contributed by atoms with van der Waals surface area (Å²) in [5, 5.41) is 13.4. The summed E-state index contributed by atoms with van der Waals surface area (Å²) in [5.41, 5.74) is 0.839. The molecule has 2 N–H and O–H groups in total. The van der Waals surface area contributed by atoms with E-state index < -0.39 is 6.10 Å². The van der Waals surface area contributed by atoms with Crippen LogP contribution >= 0.6 is 11.3 Å². The maximum absolute atomic E-state index is 12.2. The van der Waals surface area contributed by atoms with Crippen LogP contribution in [0.1, 0.15) is 29.6 Å². The van der Waals surface area contributed by atoms with E-state index in [-0.39, 0.29) is 12.5 Å². The largest absolute Gasteiger partial charge is 0.390 e. The maximum atomic E-state index is 12.2. The van der Waals surface area contributed by atoms with Crippen LogP contribution in [0.4, 0.5) is 0 Å². The predicted octanol–water partition coefficient (Wildman–Crippen LogP) is 2.12. The second kappa shape index (κ2) is 7.38. The summed E-state index contributed by atoms with van der Waals surface area (Å²) in [6, 6.07) is 7.70. The molecule has 1 aromatic carbocycles. The highest BCUT2D eigenvalue weighted by molar-refractivity contribution is 7.20. The zero-order chi connectivity index (χ0) is 16.2. The SMILES string of the molecule is CC1CCN(CC(O)CNC(=O)c2nc3ccccc3s2)CC1.